The summed E-state index contributed by atoms with van der Waals surface area (Å²) in [5.41, 5.74) is 21.2. The summed E-state index contributed by atoms with van der Waals surface area (Å²) in [6.45, 7) is 0. The van der Waals surface area contributed by atoms with Crippen LogP contribution in [0.2, 0.25) is 0 Å². The van der Waals surface area contributed by atoms with Crippen LogP contribution in [0.4, 0.5) is 0 Å². The lowest BCUT2D eigenvalue weighted by molar-refractivity contribution is 0.669. The molecule has 29 aromatic rings. The van der Waals surface area contributed by atoms with Crippen LogP contribution in [-0.2, 0) is 0 Å². The van der Waals surface area contributed by atoms with Crippen molar-refractivity contribution in [3.63, 3.8) is 0 Å². The maximum absolute atomic E-state index is 6.18. The molecule has 0 unspecified atom stereocenters. The smallest absolute Gasteiger partial charge is 0.164 e. The summed E-state index contributed by atoms with van der Waals surface area (Å²) < 4.78 is 20.0. The molecule has 29 rings (SSSR count). The molecule has 8 aromatic heterocycles. The second-order valence-corrected chi connectivity index (χ2v) is 39.0. The Balaban J connectivity index is 0.000000107. The van der Waals surface area contributed by atoms with Crippen molar-refractivity contribution in [2.24, 2.45) is 0 Å². The van der Waals surface area contributed by atoms with Gasteiger partial charge in [-0.2, -0.15) is 0 Å². The van der Waals surface area contributed by atoms with Gasteiger partial charge in [-0.15, -0.1) is 34.0 Å². The van der Waals surface area contributed by atoms with Crippen molar-refractivity contribution in [3.05, 3.63) is 467 Å². The number of hydrogen-bond acceptors (Lipinski definition) is 14. The summed E-state index contributed by atoms with van der Waals surface area (Å²) in [4.78, 5) is 44.9. The fourth-order valence-electron chi connectivity index (χ4n) is 19.9. The molecule has 0 bridgehead atoms. The first kappa shape index (κ1) is 84.0. The number of thiophene rings is 3. The standard InChI is InChI=1S/C43H25N3OS.C43H27N3O.C43H25N3S2/c1-2-9-26(10-3-1)41-44-42(46-43(45-41)31-19-20-38-35(24-31)33-13-4-6-15-37(33)47-38)30-12-8-11-27(21-30)28-17-18-29-23-36-34-14-5-7-16-39(34)48-40(36)25-32(29)22-28;1-3-12-28(13-4-1)41-44-42(29-14-5-2-6-15-29)46-43(45-41)34-20-10-17-31(25-34)30-16-9-18-32(24-30)35-22-11-19-33-26-40-38(27-37(33)35)36-21-7-8-23-39(36)47-40;1-2-10-26(11-3-1)41-44-42(46-43(45-41)30-20-21-34-32-15-4-6-18-37(32)47-39(34)24-30)29-14-8-12-27(22-29)31-17-9-13-28-23-36-33-16-5-7-19-38(33)48-40(36)25-35(28)31/h1-25H;1-27H;1-25H. The lowest BCUT2D eigenvalue weighted by Gasteiger charge is -2.11. The molecule has 0 aliphatic heterocycles. The number of fused-ring (bicyclic) bond motifs is 18. The van der Waals surface area contributed by atoms with E-state index in [1.807, 2.05) is 174 Å². The molecule has 0 aliphatic rings. The van der Waals surface area contributed by atoms with Gasteiger partial charge in [0, 0.05) is 132 Å². The zero-order chi connectivity index (χ0) is 94.4. The van der Waals surface area contributed by atoms with E-state index in [4.69, 9.17) is 53.7 Å². The van der Waals surface area contributed by atoms with Crippen molar-refractivity contribution >= 4 is 171 Å². The lowest BCUT2D eigenvalue weighted by Crippen LogP contribution is -2.00. The van der Waals surface area contributed by atoms with Crippen LogP contribution in [0.3, 0.4) is 0 Å². The predicted molar refractivity (Wildman–Crippen MR) is 596 cm³/mol. The van der Waals surface area contributed by atoms with E-state index in [2.05, 4.69) is 315 Å². The summed E-state index contributed by atoms with van der Waals surface area (Å²) in [5, 5.41) is 19.5. The Morgan fingerprint density at radius 1 is 0.126 bits per heavy atom. The second-order valence-electron chi connectivity index (χ2n) is 35.8. The van der Waals surface area contributed by atoms with E-state index in [-0.39, 0.29) is 0 Å². The van der Waals surface area contributed by atoms with Crippen molar-refractivity contribution in [3.8, 4) is 147 Å². The molecular formula is C129H77N9O2S3. The highest BCUT2D eigenvalue weighted by Gasteiger charge is 2.23. The maximum Gasteiger partial charge on any atom is 0.164 e. The third kappa shape index (κ3) is 15.9. The lowest BCUT2D eigenvalue weighted by atomic mass is 9.94. The van der Waals surface area contributed by atoms with Crippen molar-refractivity contribution in [1.82, 2.24) is 44.9 Å². The summed E-state index contributed by atoms with van der Waals surface area (Å²) in [6.07, 6.45) is 0. The molecule has 11 nitrogen and oxygen atoms in total. The topological polar surface area (TPSA) is 142 Å². The number of para-hydroxylation sites is 2. The molecule has 0 aliphatic carbocycles. The number of nitrogens with zero attached hydrogens (tertiary/aromatic N) is 9. The summed E-state index contributed by atoms with van der Waals surface area (Å²) in [5.74, 6) is 5.81. The van der Waals surface area contributed by atoms with Crippen molar-refractivity contribution in [2.45, 2.75) is 0 Å². The van der Waals surface area contributed by atoms with Gasteiger partial charge in [0.1, 0.15) is 22.3 Å². The average Bonchev–Trinajstić information content (AvgIpc) is 1.66. The van der Waals surface area contributed by atoms with Crippen LogP contribution in [-0.4, -0.2) is 44.9 Å². The minimum absolute atomic E-state index is 0.620. The molecule has 668 valence electrons. The fraction of sp³-hybridized carbons (Fsp3) is 0. The third-order valence-electron chi connectivity index (χ3n) is 26.9. The van der Waals surface area contributed by atoms with Gasteiger partial charge in [-0.05, 0) is 198 Å². The van der Waals surface area contributed by atoms with Gasteiger partial charge in [-0.1, -0.05) is 346 Å². The van der Waals surface area contributed by atoms with E-state index in [1.54, 1.807) is 11.3 Å². The zero-order valence-corrected chi connectivity index (χ0v) is 79.0. The van der Waals surface area contributed by atoms with E-state index in [9.17, 15) is 0 Å². The molecule has 0 radical (unpaired) electrons. The predicted octanol–water partition coefficient (Wildman–Crippen LogP) is 35.6. The number of furan rings is 2. The van der Waals surface area contributed by atoms with Crippen LogP contribution in [0.15, 0.2) is 476 Å². The number of rotatable bonds is 13. The van der Waals surface area contributed by atoms with Gasteiger partial charge < -0.3 is 8.83 Å². The van der Waals surface area contributed by atoms with Crippen LogP contribution >= 0.6 is 34.0 Å². The molecule has 0 spiro atoms. The Hall–Kier alpha value is -18.3. The summed E-state index contributed by atoms with van der Waals surface area (Å²) in [7, 11) is 0. The highest BCUT2D eigenvalue weighted by atomic mass is 32.1. The van der Waals surface area contributed by atoms with Crippen LogP contribution in [0.5, 0.6) is 0 Å². The van der Waals surface area contributed by atoms with Gasteiger partial charge in [0.25, 0.3) is 0 Å². The molecule has 0 amide bonds. The van der Waals surface area contributed by atoms with Crippen molar-refractivity contribution < 1.29 is 8.83 Å². The molecule has 0 fully saturated rings. The fourth-order valence-corrected chi connectivity index (χ4v) is 23.3. The quantitative estimate of drug-likeness (QED) is 0.109. The number of aromatic nitrogens is 9. The molecule has 0 saturated carbocycles. The molecule has 0 atom stereocenters. The van der Waals surface area contributed by atoms with E-state index in [1.165, 1.54) is 98.6 Å². The first-order chi connectivity index (χ1) is 70.7. The zero-order valence-electron chi connectivity index (χ0n) is 76.5. The second kappa shape index (κ2) is 35.6. The van der Waals surface area contributed by atoms with E-state index >= 15 is 0 Å². The molecule has 14 heteroatoms. The average molecular weight is 1880 g/mol. The first-order valence-electron chi connectivity index (χ1n) is 47.5. The van der Waals surface area contributed by atoms with Crippen molar-refractivity contribution in [1.29, 1.82) is 0 Å². The molecule has 0 N–H and O–H groups in total. The monoisotopic (exact) mass is 1880 g/mol. The highest BCUT2D eigenvalue weighted by molar-refractivity contribution is 7.26. The van der Waals surface area contributed by atoms with Gasteiger partial charge in [-0.25, -0.2) is 44.9 Å². The Labute approximate surface area is 832 Å². The van der Waals surface area contributed by atoms with Gasteiger partial charge in [0.15, 0.2) is 52.4 Å². The third-order valence-corrected chi connectivity index (χ3v) is 30.3. The maximum atomic E-state index is 6.18. The highest BCUT2D eigenvalue weighted by Crippen LogP contribution is 2.46. The largest absolute Gasteiger partial charge is 0.456 e. The molecule has 8 heterocycles. The molecule has 143 heavy (non-hydrogen) atoms. The summed E-state index contributed by atoms with van der Waals surface area (Å²) in [6, 6.07) is 163. The molecule has 0 saturated heterocycles. The van der Waals surface area contributed by atoms with E-state index in [0.29, 0.717) is 52.4 Å². The summed E-state index contributed by atoms with van der Waals surface area (Å²) >= 11 is 5.51. The van der Waals surface area contributed by atoms with Gasteiger partial charge in [0.05, 0.1) is 0 Å². The van der Waals surface area contributed by atoms with E-state index < -0.39 is 0 Å². The van der Waals surface area contributed by atoms with Crippen LogP contribution in [0, 0.1) is 0 Å². The normalized spacial score (nSPS) is 11.6. The Morgan fingerprint density at radius 3 is 0.909 bits per heavy atom. The van der Waals surface area contributed by atoms with E-state index in [0.717, 1.165) is 133 Å². The Morgan fingerprint density at radius 2 is 0.427 bits per heavy atom. The molecule has 21 aromatic carbocycles. The van der Waals surface area contributed by atoms with Gasteiger partial charge in [-0.3, -0.25) is 0 Å². The minimum atomic E-state index is 0.620. The van der Waals surface area contributed by atoms with Crippen LogP contribution in [0.25, 0.3) is 284 Å². The Bertz CT molecular complexity index is 10000. The SMILES string of the molecule is c1ccc(-c2nc(-c3cccc(-c4ccc5cc6c(cc5c4)sc4ccccc46)c3)nc(-c3ccc4oc5ccccc5c4c3)n2)cc1.c1ccc(-c2nc(-c3cccc(-c4cccc5cc6c(cc45)sc4ccccc46)c3)nc(-c3ccc4c(c3)sc3ccccc34)n2)cc1.c1ccc(-c2nc(-c3ccccc3)nc(-c3cccc(-c4cccc(-c5cccc6cc7oc8ccccc8c7cc56)c4)c3)n2)cc1. The van der Waals surface area contributed by atoms with Gasteiger partial charge in [0.2, 0.25) is 0 Å². The van der Waals surface area contributed by atoms with Crippen LogP contribution < -0.4 is 0 Å². The Kier molecular flexibility index (Phi) is 20.9. The minimum Gasteiger partial charge on any atom is -0.456 e. The number of benzene rings is 21. The van der Waals surface area contributed by atoms with Gasteiger partial charge >= 0.3 is 0 Å². The van der Waals surface area contributed by atoms with Crippen molar-refractivity contribution in [2.75, 3.05) is 0 Å². The first-order valence-corrected chi connectivity index (χ1v) is 50.0. The number of hydrogen-bond donors (Lipinski definition) is 0. The molecular weight excluding hydrogens is 1800 g/mol. The van der Waals surface area contributed by atoms with Crippen LogP contribution in [0.1, 0.15) is 0 Å².